The lowest BCUT2D eigenvalue weighted by molar-refractivity contribution is -0.144. The van der Waals surface area contributed by atoms with Gasteiger partial charge in [0.05, 0.1) is 5.29 Å². The topological polar surface area (TPSA) is 70.0 Å². The number of nitrogens with zero attached hydrogens (tertiary/aromatic N) is 2. The van der Waals surface area contributed by atoms with Crippen LogP contribution < -0.4 is 0 Å². The van der Waals surface area contributed by atoms with Crippen LogP contribution in [0.15, 0.2) is 5.29 Å². The van der Waals surface area contributed by atoms with E-state index in [9.17, 15) is 9.70 Å². The molecule has 0 fully saturated rings. The Balaban J connectivity index is 4.43. The van der Waals surface area contributed by atoms with Crippen molar-refractivity contribution in [3.8, 4) is 0 Å². The lowest BCUT2D eigenvalue weighted by atomic mass is 10.2. The van der Waals surface area contributed by atoms with Crippen molar-refractivity contribution in [3.63, 3.8) is 0 Å². The van der Waals surface area contributed by atoms with Gasteiger partial charge in [-0.2, -0.15) is 0 Å². The van der Waals surface area contributed by atoms with E-state index < -0.39 is 12.0 Å². The largest absolute Gasteiger partial charge is 0.480 e. The predicted molar refractivity (Wildman–Crippen MR) is 44.5 cm³/mol. The number of carbonyl (C=O) groups is 1. The molecule has 0 radical (unpaired) electrons. The minimum atomic E-state index is -1.01. The number of rotatable bonds is 5. The summed E-state index contributed by atoms with van der Waals surface area (Å²) in [6.45, 7) is 5.17. The molecule has 1 unspecified atom stereocenters. The molecule has 0 amide bonds. The minimum Gasteiger partial charge on any atom is -0.480 e. The second-order valence-electron chi connectivity index (χ2n) is 2.82. The molecule has 12 heavy (non-hydrogen) atoms. The molecule has 0 aromatic carbocycles. The summed E-state index contributed by atoms with van der Waals surface area (Å²) >= 11 is 0. The van der Waals surface area contributed by atoms with Crippen molar-refractivity contribution in [2.45, 2.75) is 39.3 Å². The van der Waals surface area contributed by atoms with Crippen LogP contribution in [0.25, 0.3) is 0 Å². The zero-order chi connectivity index (χ0) is 9.72. The second-order valence-corrected chi connectivity index (χ2v) is 2.82. The van der Waals surface area contributed by atoms with Crippen LogP contribution in [0, 0.1) is 4.91 Å². The van der Waals surface area contributed by atoms with Gasteiger partial charge in [0, 0.05) is 6.04 Å². The molecule has 1 atom stereocenters. The van der Waals surface area contributed by atoms with Gasteiger partial charge in [0.1, 0.15) is 6.04 Å². The zero-order valence-corrected chi connectivity index (χ0v) is 7.52. The van der Waals surface area contributed by atoms with Crippen molar-refractivity contribution >= 4 is 5.97 Å². The summed E-state index contributed by atoms with van der Waals surface area (Å²) in [5, 5.41) is 12.4. The third-order valence-corrected chi connectivity index (χ3v) is 1.61. The third-order valence-electron chi connectivity index (χ3n) is 1.61. The smallest absolute Gasteiger partial charge is 0.328 e. The van der Waals surface area contributed by atoms with E-state index in [1.165, 1.54) is 0 Å². The van der Waals surface area contributed by atoms with Crippen LogP contribution in [-0.2, 0) is 4.79 Å². The first-order valence-corrected chi connectivity index (χ1v) is 3.89. The van der Waals surface area contributed by atoms with Crippen molar-refractivity contribution in [2.24, 2.45) is 5.29 Å². The number of hydrogen-bond donors (Lipinski definition) is 1. The molecule has 0 rings (SSSR count). The van der Waals surface area contributed by atoms with E-state index in [1.54, 1.807) is 20.8 Å². The van der Waals surface area contributed by atoms with Crippen molar-refractivity contribution in [1.82, 2.24) is 5.01 Å². The van der Waals surface area contributed by atoms with Gasteiger partial charge in [-0.1, -0.05) is 6.92 Å². The molecule has 1 N–H and O–H groups in total. The predicted octanol–water partition coefficient (Wildman–Crippen LogP) is 1.24. The first kappa shape index (κ1) is 10.9. The van der Waals surface area contributed by atoms with Crippen LogP contribution in [0.1, 0.15) is 27.2 Å². The van der Waals surface area contributed by atoms with Gasteiger partial charge in [0.2, 0.25) is 0 Å². The molecule has 0 aliphatic heterocycles. The SMILES string of the molecule is CCC(C(=O)O)N(N=O)C(C)C. The number of carboxylic acids is 1. The Labute approximate surface area is 71.3 Å². The summed E-state index contributed by atoms with van der Waals surface area (Å²) in [4.78, 5) is 20.9. The molecule has 0 bridgehead atoms. The number of carboxylic acid groups (broad SMARTS) is 1. The highest BCUT2D eigenvalue weighted by Crippen LogP contribution is 2.09. The Bertz CT molecular complexity index is 170. The second kappa shape index (κ2) is 4.69. The Hall–Kier alpha value is -1.13. The zero-order valence-electron chi connectivity index (χ0n) is 7.52. The molecule has 0 aromatic heterocycles. The number of hydrogen-bond acceptors (Lipinski definition) is 3. The van der Waals surface area contributed by atoms with Gasteiger partial charge in [-0.15, -0.1) is 4.91 Å². The molecular weight excluding hydrogens is 160 g/mol. The molecule has 0 spiro atoms. The third kappa shape index (κ3) is 2.48. The molecule has 0 aliphatic carbocycles. The highest BCUT2D eigenvalue weighted by atomic mass is 16.4. The molecule has 0 saturated carbocycles. The quantitative estimate of drug-likeness (QED) is 0.503. The van der Waals surface area contributed by atoms with Gasteiger partial charge in [-0.05, 0) is 20.3 Å². The van der Waals surface area contributed by atoms with Crippen LogP contribution >= 0.6 is 0 Å². The van der Waals surface area contributed by atoms with Crippen LogP contribution in [-0.4, -0.2) is 28.2 Å². The van der Waals surface area contributed by atoms with E-state index >= 15 is 0 Å². The molecule has 0 heterocycles. The summed E-state index contributed by atoms with van der Waals surface area (Å²) in [5.41, 5.74) is 0. The first-order chi connectivity index (χ1) is 5.54. The first-order valence-electron chi connectivity index (χ1n) is 3.89. The molecule has 70 valence electrons. The van der Waals surface area contributed by atoms with E-state index in [0.29, 0.717) is 6.42 Å². The standard InChI is InChI=1S/C7H14N2O3/c1-4-6(7(10)11)9(8-12)5(2)3/h5-6H,4H2,1-3H3,(H,10,11). The number of aliphatic carboxylic acids is 1. The maximum absolute atomic E-state index is 10.6. The summed E-state index contributed by atoms with van der Waals surface area (Å²) in [6.07, 6.45) is 0.374. The van der Waals surface area contributed by atoms with E-state index in [4.69, 9.17) is 5.11 Å². The van der Waals surface area contributed by atoms with Gasteiger partial charge < -0.3 is 5.11 Å². The normalized spacial score (nSPS) is 12.7. The maximum atomic E-state index is 10.6. The lowest BCUT2D eigenvalue weighted by Gasteiger charge is -2.24. The van der Waals surface area contributed by atoms with E-state index in [1.807, 2.05) is 0 Å². The summed E-state index contributed by atoms with van der Waals surface area (Å²) < 4.78 is 0. The maximum Gasteiger partial charge on any atom is 0.328 e. The minimum absolute atomic E-state index is 0.177. The van der Waals surface area contributed by atoms with Gasteiger partial charge >= 0.3 is 5.97 Å². The molecule has 5 heteroatoms. The molecular formula is C7H14N2O3. The van der Waals surface area contributed by atoms with Crippen LogP contribution in [0.2, 0.25) is 0 Å². The Morgan fingerprint density at radius 2 is 2.08 bits per heavy atom. The molecule has 0 aromatic rings. The Morgan fingerprint density at radius 3 is 2.17 bits per heavy atom. The Morgan fingerprint density at radius 1 is 1.58 bits per heavy atom. The van der Waals surface area contributed by atoms with Crippen LogP contribution in [0.5, 0.6) is 0 Å². The number of nitroso groups, excluding NO2 is 1. The summed E-state index contributed by atoms with van der Waals surface area (Å²) in [7, 11) is 0. The van der Waals surface area contributed by atoms with Crippen molar-refractivity contribution < 1.29 is 9.90 Å². The monoisotopic (exact) mass is 174 g/mol. The summed E-state index contributed by atoms with van der Waals surface area (Å²) in [5.74, 6) is -1.01. The van der Waals surface area contributed by atoms with Gasteiger partial charge in [0.25, 0.3) is 0 Å². The van der Waals surface area contributed by atoms with Gasteiger partial charge in [-0.3, -0.25) is 0 Å². The highest BCUT2D eigenvalue weighted by Gasteiger charge is 2.25. The fourth-order valence-electron chi connectivity index (χ4n) is 0.986. The fraction of sp³-hybridized carbons (Fsp3) is 0.857. The van der Waals surface area contributed by atoms with E-state index in [2.05, 4.69) is 5.29 Å². The summed E-state index contributed by atoms with van der Waals surface area (Å²) in [6, 6.07) is -0.981. The Kier molecular flexibility index (Phi) is 4.25. The molecule has 5 nitrogen and oxygen atoms in total. The van der Waals surface area contributed by atoms with Crippen LogP contribution in [0.4, 0.5) is 0 Å². The van der Waals surface area contributed by atoms with Crippen molar-refractivity contribution in [2.75, 3.05) is 0 Å². The lowest BCUT2D eigenvalue weighted by Crippen LogP contribution is -2.40. The van der Waals surface area contributed by atoms with E-state index in [-0.39, 0.29) is 6.04 Å². The van der Waals surface area contributed by atoms with E-state index in [0.717, 1.165) is 5.01 Å². The van der Waals surface area contributed by atoms with Crippen LogP contribution in [0.3, 0.4) is 0 Å². The highest BCUT2D eigenvalue weighted by molar-refractivity contribution is 5.73. The van der Waals surface area contributed by atoms with Crippen molar-refractivity contribution in [1.29, 1.82) is 0 Å². The average Bonchev–Trinajstić information content (AvgIpc) is 1.98. The van der Waals surface area contributed by atoms with Gasteiger partial charge in [0.15, 0.2) is 0 Å². The molecule has 0 saturated heterocycles. The molecule has 0 aliphatic rings. The van der Waals surface area contributed by atoms with Gasteiger partial charge in [-0.25, -0.2) is 9.80 Å². The average molecular weight is 174 g/mol. The fourth-order valence-corrected chi connectivity index (χ4v) is 0.986. The van der Waals surface area contributed by atoms with Crippen molar-refractivity contribution in [3.05, 3.63) is 4.91 Å².